The molecule has 5 heteroatoms. The molecule has 1 atom stereocenters. The lowest BCUT2D eigenvalue weighted by Gasteiger charge is -2.15. The first kappa shape index (κ1) is 11.7. The number of nitrogens with one attached hydrogen (secondary N) is 1. The first-order valence-electron chi connectivity index (χ1n) is 4.62. The second-order valence-corrected chi connectivity index (χ2v) is 3.11. The fourth-order valence-corrected chi connectivity index (χ4v) is 1.16. The first-order valence-corrected chi connectivity index (χ1v) is 4.62. The van der Waals surface area contributed by atoms with Gasteiger partial charge in [-0.15, -0.1) is 0 Å². The van der Waals surface area contributed by atoms with Crippen molar-refractivity contribution in [1.82, 2.24) is 0 Å². The van der Waals surface area contributed by atoms with Crippen LogP contribution < -0.4 is 15.8 Å². The molecule has 1 unspecified atom stereocenters. The molecule has 4 nitrogen and oxygen atoms in total. The van der Waals surface area contributed by atoms with Crippen molar-refractivity contribution >= 4 is 5.69 Å². The maximum Gasteiger partial charge on any atom is 0.165 e. The number of nitrogens with two attached hydrogens (primary N) is 1. The van der Waals surface area contributed by atoms with Crippen LogP contribution >= 0.6 is 0 Å². The van der Waals surface area contributed by atoms with Gasteiger partial charge in [0.15, 0.2) is 11.6 Å². The lowest BCUT2D eigenvalue weighted by atomic mass is 10.2. The predicted octanol–water partition coefficient (Wildman–Crippen LogP) is 0.566. The van der Waals surface area contributed by atoms with E-state index in [0.29, 0.717) is 12.2 Å². The molecule has 0 aliphatic rings. The van der Waals surface area contributed by atoms with Crippen LogP contribution in [0.4, 0.5) is 10.1 Å². The molecule has 4 N–H and O–H groups in total. The van der Waals surface area contributed by atoms with E-state index < -0.39 is 5.82 Å². The van der Waals surface area contributed by atoms with Crippen LogP contribution in [0.3, 0.4) is 0 Å². The molecule has 1 rings (SSSR count). The van der Waals surface area contributed by atoms with E-state index in [2.05, 4.69) is 5.32 Å². The Morgan fingerprint density at radius 2 is 2.33 bits per heavy atom. The Balaban J connectivity index is 2.77. The molecule has 0 saturated heterocycles. The summed E-state index contributed by atoms with van der Waals surface area (Å²) in [6.07, 6.45) is 0. The monoisotopic (exact) mass is 214 g/mol. The topological polar surface area (TPSA) is 67.5 Å². The number of anilines is 1. The minimum absolute atomic E-state index is 0.0732. The number of halogens is 1. The summed E-state index contributed by atoms with van der Waals surface area (Å²) in [4.78, 5) is 0. The smallest absolute Gasteiger partial charge is 0.165 e. The number of methoxy groups -OCH3 is 1. The second kappa shape index (κ2) is 5.53. The Labute approximate surface area is 87.9 Å². The van der Waals surface area contributed by atoms with Crippen molar-refractivity contribution in [3.05, 3.63) is 24.0 Å². The number of aliphatic hydroxyl groups is 1. The van der Waals surface area contributed by atoms with Crippen molar-refractivity contribution in [1.29, 1.82) is 0 Å². The summed E-state index contributed by atoms with van der Waals surface area (Å²) in [7, 11) is 1.40. The van der Waals surface area contributed by atoms with Crippen LogP contribution in [0.1, 0.15) is 0 Å². The van der Waals surface area contributed by atoms with Crippen molar-refractivity contribution in [2.45, 2.75) is 6.04 Å². The molecule has 0 spiro atoms. The average molecular weight is 214 g/mol. The molecular weight excluding hydrogens is 199 g/mol. The van der Waals surface area contributed by atoms with Gasteiger partial charge in [0.25, 0.3) is 0 Å². The molecule has 0 aliphatic carbocycles. The predicted molar refractivity (Wildman–Crippen MR) is 56.5 cm³/mol. The van der Waals surface area contributed by atoms with Gasteiger partial charge in [-0.1, -0.05) is 0 Å². The molecule has 0 amide bonds. The summed E-state index contributed by atoms with van der Waals surface area (Å²) in [5, 5.41) is 11.9. The molecule has 0 aromatic heterocycles. The number of ether oxygens (including phenoxy) is 1. The zero-order valence-electron chi connectivity index (χ0n) is 8.53. The molecule has 0 aliphatic heterocycles. The maximum atomic E-state index is 13.0. The van der Waals surface area contributed by atoms with Crippen LogP contribution in [0.5, 0.6) is 5.75 Å². The van der Waals surface area contributed by atoms with Gasteiger partial charge in [-0.2, -0.15) is 0 Å². The molecular formula is C10H15FN2O2. The van der Waals surface area contributed by atoms with E-state index in [4.69, 9.17) is 15.6 Å². The minimum atomic E-state index is -0.420. The van der Waals surface area contributed by atoms with Crippen LogP contribution in [0.25, 0.3) is 0 Å². The van der Waals surface area contributed by atoms with Gasteiger partial charge < -0.3 is 20.9 Å². The Morgan fingerprint density at radius 3 is 2.87 bits per heavy atom. The normalized spacial score (nSPS) is 12.3. The highest BCUT2D eigenvalue weighted by molar-refractivity contribution is 5.49. The van der Waals surface area contributed by atoms with Gasteiger partial charge in [-0.25, -0.2) is 4.39 Å². The van der Waals surface area contributed by atoms with Gasteiger partial charge in [-0.05, 0) is 12.1 Å². The minimum Gasteiger partial charge on any atom is -0.494 e. The quantitative estimate of drug-likeness (QED) is 0.670. The molecule has 0 bridgehead atoms. The van der Waals surface area contributed by atoms with Crippen LogP contribution in [0, 0.1) is 5.82 Å². The highest BCUT2D eigenvalue weighted by atomic mass is 19.1. The first-order chi connectivity index (χ1) is 7.21. The maximum absolute atomic E-state index is 13.0. The van der Waals surface area contributed by atoms with Crippen molar-refractivity contribution < 1.29 is 14.2 Å². The van der Waals surface area contributed by atoms with E-state index in [1.54, 1.807) is 6.07 Å². The van der Waals surface area contributed by atoms with E-state index in [1.807, 2.05) is 0 Å². The Hall–Kier alpha value is -1.33. The second-order valence-electron chi connectivity index (χ2n) is 3.11. The third-order valence-electron chi connectivity index (χ3n) is 2.03. The van der Waals surface area contributed by atoms with Gasteiger partial charge in [0, 0.05) is 18.3 Å². The van der Waals surface area contributed by atoms with Crippen molar-refractivity contribution in [2.24, 2.45) is 5.73 Å². The molecule has 0 fully saturated rings. The van der Waals surface area contributed by atoms with E-state index in [-0.39, 0.29) is 18.4 Å². The summed E-state index contributed by atoms with van der Waals surface area (Å²) < 4.78 is 17.9. The van der Waals surface area contributed by atoms with E-state index in [0.717, 1.165) is 0 Å². The number of benzene rings is 1. The highest BCUT2D eigenvalue weighted by Gasteiger charge is 2.07. The largest absolute Gasteiger partial charge is 0.494 e. The standard InChI is InChI=1S/C10H15FN2O2/c1-15-10-4-7(2-3-9(10)11)13-8(5-12)6-14/h2-4,8,13-14H,5-6,12H2,1H3. The molecule has 0 heterocycles. The van der Waals surface area contributed by atoms with Crippen LogP contribution in [-0.2, 0) is 0 Å². The van der Waals surface area contributed by atoms with Gasteiger partial charge >= 0.3 is 0 Å². The zero-order chi connectivity index (χ0) is 11.3. The fourth-order valence-electron chi connectivity index (χ4n) is 1.16. The van der Waals surface area contributed by atoms with E-state index in [1.165, 1.54) is 19.2 Å². The van der Waals surface area contributed by atoms with Gasteiger partial charge in [-0.3, -0.25) is 0 Å². The van der Waals surface area contributed by atoms with Crippen LogP contribution in [0.2, 0.25) is 0 Å². The number of aliphatic hydroxyl groups excluding tert-OH is 1. The zero-order valence-corrected chi connectivity index (χ0v) is 8.53. The van der Waals surface area contributed by atoms with Crippen molar-refractivity contribution in [3.63, 3.8) is 0 Å². The van der Waals surface area contributed by atoms with E-state index >= 15 is 0 Å². The SMILES string of the molecule is COc1cc(NC(CN)CO)ccc1F. The lowest BCUT2D eigenvalue weighted by molar-refractivity contribution is 0.276. The van der Waals surface area contributed by atoms with Crippen molar-refractivity contribution in [3.8, 4) is 5.75 Å². The number of hydrogen-bond donors (Lipinski definition) is 3. The van der Waals surface area contributed by atoms with Gasteiger partial charge in [0.05, 0.1) is 19.8 Å². The Morgan fingerprint density at radius 1 is 1.60 bits per heavy atom. The van der Waals surface area contributed by atoms with Gasteiger partial charge in [0.1, 0.15) is 0 Å². The van der Waals surface area contributed by atoms with Gasteiger partial charge in [0.2, 0.25) is 0 Å². The Kier molecular flexibility index (Phi) is 4.33. The number of hydrogen-bond acceptors (Lipinski definition) is 4. The summed E-state index contributed by atoms with van der Waals surface area (Å²) in [6.45, 7) is 0.229. The van der Waals surface area contributed by atoms with Crippen LogP contribution in [0.15, 0.2) is 18.2 Å². The molecule has 84 valence electrons. The van der Waals surface area contributed by atoms with E-state index in [9.17, 15) is 4.39 Å². The summed E-state index contributed by atoms with van der Waals surface area (Å²) >= 11 is 0. The molecule has 1 aromatic rings. The third-order valence-corrected chi connectivity index (χ3v) is 2.03. The Bertz CT molecular complexity index is 316. The fraction of sp³-hybridized carbons (Fsp3) is 0.400. The lowest BCUT2D eigenvalue weighted by Crippen LogP contribution is -2.32. The summed E-state index contributed by atoms with van der Waals surface area (Å²) in [5.74, 6) is -0.259. The highest BCUT2D eigenvalue weighted by Crippen LogP contribution is 2.21. The average Bonchev–Trinajstić information content (AvgIpc) is 2.28. The summed E-state index contributed by atoms with van der Waals surface area (Å²) in [5.41, 5.74) is 6.07. The molecule has 0 radical (unpaired) electrons. The molecule has 0 saturated carbocycles. The molecule has 15 heavy (non-hydrogen) atoms. The third kappa shape index (κ3) is 3.07. The van der Waals surface area contributed by atoms with Crippen LogP contribution in [-0.4, -0.2) is 31.4 Å². The van der Waals surface area contributed by atoms with Crippen molar-refractivity contribution in [2.75, 3.05) is 25.6 Å². The molecule has 1 aromatic carbocycles. The number of rotatable bonds is 5. The summed E-state index contributed by atoms with van der Waals surface area (Å²) in [6, 6.07) is 4.15.